The second kappa shape index (κ2) is 7.74. The summed E-state index contributed by atoms with van der Waals surface area (Å²) >= 11 is 0. The number of rotatable bonds is 3. The minimum atomic E-state index is -4.56. The maximum absolute atomic E-state index is 13.1. The molecule has 1 aliphatic rings. The molecule has 4 rings (SSSR count). The Morgan fingerprint density at radius 2 is 1.94 bits per heavy atom. The number of imidazole rings is 1. The third kappa shape index (κ3) is 4.78. The van der Waals surface area contributed by atoms with E-state index in [1.165, 1.54) is 18.6 Å². The highest BCUT2D eigenvalue weighted by molar-refractivity contribution is 7.92. The van der Waals surface area contributed by atoms with E-state index in [1.807, 2.05) is 4.90 Å². The van der Waals surface area contributed by atoms with Crippen LogP contribution in [-0.4, -0.2) is 60.4 Å². The van der Waals surface area contributed by atoms with E-state index in [9.17, 15) is 17.4 Å². The van der Waals surface area contributed by atoms with Crippen molar-refractivity contribution in [3.05, 3.63) is 36.4 Å². The van der Waals surface area contributed by atoms with Crippen LogP contribution in [0.15, 0.2) is 35.1 Å². The zero-order valence-electron chi connectivity index (χ0n) is 17.2. The predicted molar refractivity (Wildman–Crippen MR) is 111 cm³/mol. The van der Waals surface area contributed by atoms with Gasteiger partial charge in [-0.2, -0.15) is 18.3 Å². The average molecular weight is 453 g/mol. The Labute approximate surface area is 177 Å². The standard InChI is InChI=1S/C19H22F3N7OS/c1-12-6-13(27-31(2,3)30)10-28(9-12)18-7-14(24-11-25-18)15-8-23-17-5-4-16(19(20,21)22)26-29(15)17/h4-5,7-8,11-13H,6,9-10H2,1-3H3. The summed E-state index contributed by atoms with van der Waals surface area (Å²) in [5.74, 6) is 0.937. The third-order valence-corrected chi connectivity index (χ3v) is 5.74. The van der Waals surface area contributed by atoms with Crippen molar-refractivity contribution >= 4 is 21.2 Å². The molecule has 3 aromatic heterocycles. The molecular formula is C19H22F3N7OS. The predicted octanol–water partition coefficient (Wildman–Crippen LogP) is 3.15. The van der Waals surface area contributed by atoms with Gasteiger partial charge in [0.15, 0.2) is 11.3 Å². The molecule has 2 atom stereocenters. The van der Waals surface area contributed by atoms with E-state index in [0.717, 1.165) is 23.5 Å². The summed E-state index contributed by atoms with van der Waals surface area (Å²) in [6.07, 6.45) is 2.32. The van der Waals surface area contributed by atoms with Crippen molar-refractivity contribution in [3.63, 3.8) is 0 Å². The molecule has 1 saturated heterocycles. The molecule has 8 nitrogen and oxygen atoms in total. The molecule has 0 N–H and O–H groups in total. The third-order valence-electron chi connectivity index (χ3n) is 4.93. The molecule has 4 heterocycles. The van der Waals surface area contributed by atoms with E-state index in [2.05, 4.69) is 31.3 Å². The molecular weight excluding hydrogens is 431 g/mol. The van der Waals surface area contributed by atoms with Gasteiger partial charge in [-0.05, 0) is 24.5 Å². The van der Waals surface area contributed by atoms with E-state index in [0.29, 0.717) is 29.7 Å². The van der Waals surface area contributed by atoms with Crippen LogP contribution in [0.3, 0.4) is 0 Å². The summed E-state index contributed by atoms with van der Waals surface area (Å²) in [4.78, 5) is 14.7. The minimum Gasteiger partial charge on any atom is -0.354 e. The van der Waals surface area contributed by atoms with Gasteiger partial charge in [-0.15, -0.1) is 0 Å². The van der Waals surface area contributed by atoms with Crippen LogP contribution in [0.2, 0.25) is 0 Å². The number of alkyl halides is 3. The summed E-state index contributed by atoms with van der Waals surface area (Å²) in [5, 5.41) is 3.70. The van der Waals surface area contributed by atoms with Gasteiger partial charge in [0.05, 0.1) is 17.9 Å². The van der Waals surface area contributed by atoms with Gasteiger partial charge in [0.2, 0.25) is 0 Å². The SMILES string of the molecule is CC1CC(N=S(C)(C)=O)CN(c2cc(-c3cnc4ccc(C(F)(F)F)nn34)ncn2)C1. The summed E-state index contributed by atoms with van der Waals surface area (Å²) in [6.45, 7) is 3.39. The van der Waals surface area contributed by atoms with E-state index in [4.69, 9.17) is 0 Å². The molecule has 31 heavy (non-hydrogen) atoms. The van der Waals surface area contributed by atoms with Gasteiger partial charge in [0.25, 0.3) is 0 Å². The Kier molecular flexibility index (Phi) is 5.36. The lowest BCUT2D eigenvalue weighted by atomic mass is 9.96. The first-order valence-electron chi connectivity index (χ1n) is 9.65. The number of anilines is 1. The van der Waals surface area contributed by atoms with Crippen molar-refractivity contribution in [2.45, 2.75) is 25.6 Å². The Balaban J connectivity index is 1.70. The Morgan fingerprint density at radius 3 is 2.65 bits per heavy atom. The first-order chi connectivity index (χ1) is 14.5. The van der Waals surface area contributed by atoms with Gasteiger partial charge in [-0.1, -0.05) is 6.92 Å². The monoisotopic (exact) mass is 453 g/mol. The zero-order chi connectivity index (χ0) is 22.4. The van der Waals surface area contributed by atoms with Gasteiger partial charge in [-0.25, -0.2) is 23.8 Å². The second-order valence-electron chi connectivity index (χ2n) is 8.08. The minimum absolute atomic E-state index is 0.0866. The first-order valence-corrected chi connectivity index (χ1v) is 12.0. The van der Waals surface area contributed by atoms with Crippen LogP contribution in [0.1, 0.15) is 19.0 Å². The van der Waals surface area contributed by atoms with Gasteiger partial charge in [-0.3, -0.25) is 4.21 Å². The molecule has 0 aromatic carbocycles. The largest absolute Gasteiger partial charge is 0.435 e. The lowest BCUT2D eigenvalue weighted by Crippen LogP contribution is -2.42. The first kappa shape index (κ1) is 21.5. The molecule has 0 amide bonds. The molecule has 0 saturated carbocycles. The van der Waals surface area contributed by atoms with Gasteiger partial charge < -0.3 is 4.90 Å². The zero-order valence-corrected chi connectivity index (χ0v) is 18.1. The average Bonchev–Trinajstić information content (AvgIpc) is 3.09. The van der Waals surface area contributed by atoms with E-state index in [1.54, 1.807) is 18.6 Å². The number of halogens is 3. The van der Waals surface area contributed by atoms with Crippen molar-refractivity contribution < 1.29 is 17.4 Å². The van der Waals surface area contributed by atoms with Crippen molar-refractivity contribution in [3.8, 4) is 11.4 Å². The highest BCUT2D eigenvalue weighted by Gasteiger charge is 2.33. The molecule has 0 radical (unpaired) electrons. The van der Waals surface area contributed by atoms with E-state index in [-0.39, 0.29) is 11.7 Å². The maximum atomic E-state index is 13.1. The topological polar surface area (TPSA) is 88.6 Å². The van der Waals surface area contributed by atoms with Crippen molar-refractivity contribution in [1.82, 2.24) is 24.6 Å². The van der Waals surface area contributed by atoms with Gasteiger partial charge in [0, 0.05) is 41.4 Å². The molecule has 0 aliphatic carbocycles. The summed E-state index contributed by atoms with van der Waals surface area (Å²) in [7, 11) is -2.23. The van der Waals surface area contributed by atoms with Crippen LogP contribution in [0, 0.1) is 5.92 Å². The fraction of sp³-hybridized carbons (Fsp3) is 0.474. The number of hydrogen-bond donors (Lipinski definition) is 0. The molecule has 166 valence electrons. The Hall–Kier alpha value is -2.76. The molecule has 1 aliphatic heterocycles. The van der Waals surface area contributed by atoms with Gasteiger partial charge in [0.1, 0.15) is 17.8 Å². The lowest BCUT2D eigenvalue weighted by molar-refractivity contribution is -0.141. The molecule has 1 fully saturated rings. The van der Waals surface area contributed by atoms with Crippen LogP contribution in [0.5, 0.6) is 0 Å². The van der Waals surface area contributed by atoms with E-state index >= 15 is 0 Å². The molecule has 0 spiro atoms. The number of nitrogens with zero attached hydrogens (tertiary/aromatic N) is 7. The number of piperidine rings is 1. The lowest BCUT2D eigenvalue weighted by Gasteiger charge is -2.35. The Bertz CT molecular complexity index is 1220. The Morgan fingerprint density at radius 1 is 1.16 bits per heavy atom. The van der Waals surface area contributed by atoms with Crippen molar-refractivity contribution in [1.29, 1.82) is 0 Å². The molecule has 12 heteroatoms. The van der Waals surface area contributed by atoms with E-state index < -0.39 is 21.6 Å². The van der Waals surface area contributed by atoms with Crippen LogP contribution < -0.4 is 4.90 Å². The summed E-state index contributed by atoms with van der Waals surface area (Å²) < 4.78 is 57.0. The number of hydrogen-bond acceptors (Lipinski definition) is 7. The summed E-state index contributed by atoms with van der Waals surface area (Å²) in [5.41, 5.74) is 0.0202. The van der Waals surface area contributed by atoms with Gasteiger partial charge >= 0.3 is 6.18 Å². The van der Waals surface area contributed by atoms with Crippen LogP contribution in [0.4, 0.5) is 19.0 Å². The fourth-order valence-corrected chi connectivity index (χ4v) is 4.67. The van der Waals surface area contributed by atoms with Crippen LogP contribution in [-0.2, 0) is 15.9 Å². The smallest absolute Gasteiger partial charge is 0.354 e. The molecule has 2 unspecified atom stereocenters. The quantitative estimate of drug-likeness (QED) is 0.605. The van der Waals surface area contributed by atoms with Crippen LogP contribution in [0.25, 0.3) is 17.0 Å². The highest BCUT2D eigenvalue weighted by atomic mass is 32.2. The number of aromatic nitrogens is 5. The maximum Gasteiger partial charge on any atom is 0.435 e. The normalized spacial score (nSPS) is 20.3. The van der Waals surface area contributed by atoms with Crippen LogP contribution >= 0.6 is 0 Å². The fourth-order valence-electron chi connectivity index (χ4n) is 3.80. The van der Waals surface area contributed by atoms with Crippen molar-refractivity contribution in [2.75, 3.05) is 30.5 Å². The van der Waals surface area contributed by atoms with Crippen molar-refractivity contribution in [2.24, 2.45) is 10.3 Å². The highest BCUT2D eigenvalue weighted by Crippen LogP contribution is 2.29. The number of fused-ring (bicyclic) bond motifs is 1. The summed E-state index contributed by atoms with van der Waals surface area (Å²) in [6, 6.07) is 3.79. The molecule has 3 aromatic rings. The molecule has 0 bridgehead atoms. The second-order valence-corrected chi connectivity index (χ2v) is 10.7.